The highest BCUT2D eigenvalue weighted by molar-refractivity contribution is 9.10. The van der Waals surface area contributed by atoms with Gasteiger partial charge < -0.3 is 10.4 Å². The number of halogens is 2. The third-order valence-electron chi connectivity index (χ3n) is 3.36. The Kier molecular flexibility index (Phi) is 4.57. The summed E-state index contributed by atoms with van der Waals surface area (Å²) < 4.78 is 0.949. The highest BCUT2D eigenvalue weighted by Crippen LogP contribution is 2.27. The summed E-state index contributed by atoms with van der Waals surface area (Å²) in [5.41, 5.74) is 1.78. The van der Waals surface area contributed by atoms with Gasteiger partial charge in [-0.1, -0.05) is 39.7 Å². The van der Waals surface area contributed by atoms with Gasteiger partial charge in [-0.25, -0.2) is 9.97 Å². The van der Waals surface area contributed by atoms with Crippen molar-refractivity contribution in [2.45, 2.75) is 6.04 Å². The van der Waals surface area contributed by atoms with Crippen LogP contribution in [0.25, 0.3) is 10.9 Å². The average molecular weight is 379 g/mol. The lowest BCUT2D eigenvalue weighted by atomic mass is 10.1. The monoisotopic (exact) mass is 377 g/mol. The van der Waals surface area contributed by atoms with E-state index in [0.717, 1.165) is 20.9 Å². The van der Waals surface area contributed by atoms with E-state index in [-0.39, 0.29) is 12.6 Å². The number of fused-ring (bicyclic) bond motifs is 1. The minimum absolute atomic E-state index is 0.0544. The quantitative estimate of drug-likeness (QED) is 0.714. The minimum Gasteiger partial charge on any atom is -0.394 e. The van der Waals surface area contributed by atoms with Crippen LogP contribution in [0.3, 0.4) is 0 Å². The molecule has 0 saturated heterocycles. The molecule has 3 aromatic rings. The van der Waals surface area contributed by atoms with Gasteiger partial charge in [0.2, 0.25) is 0 Å². The van der Waals surface area contributed by atoms with Crippen LogP contribution in [0.4, 0.5) is 5.82 Å². The molecule has 0 saturated carbocycles. The summed E-state index contributed by atoms with van der Waals surface area (Å²) in [6, 6.07) is 12.9. The van der Waals surface area contributed by atoms with Crippen LogP contribution in [0.1, 0.15) is 11.6 Å². The molecule has 0 aliphatic rings. The molecule has 0 fully saturated rings. The molecular formula is C16H13BrClN3O. The van der Waals surface area contributed by atoms with Crippen LogP contribution in [0.2, 0.25) is 5.02 Å². The topological polar surface area (TPSA) is 58.0 Å². The molecule has 3 rings (SSSR count). The highest BCUT2D eigenvalue weighted by atomic mass is 79.9. The summed E-state index contributed by atoms with van der Waals surface area (Å²) in [5.74, 6) is 0.681. The molecule has 0 bridgehead atoms. The molecule has 0 aliphatic carbocycles. The number of benzene rings is 2. The summed E-state index contributed by atoms with van der Waals surface area (Å²) in [6.45, 7) is -0.0544. The maximum absolute atomic E-state index is 9.69. The van der Waals surface area contributed by atoms with E-state index in [1.54, 1.807) is 12.1 Å². The summed E-state index contributed by atoms with van der Waals surface area (Å²) in [5, 5.41) is 14.5. The maximum Gasteiger partial charge on any atom is 0.137 e. The van der Waals surface area contributed by atoms with Crippen LogP contribution >= 0.6 is 27.5 Å². The number of nitrogens with zero attached hydrogens (tertiary/aromatic N) is 2. The number of hydrogen-bond acceptors (Lipinski definition) is 4. The summed E-state index contributed by atoms with van der Waals surface area (Å²) in [4.78, 5) is 8.55. The zero-order chi connectivity index (χ0) is 15.5. The van der Waals surface area contributed by atoms with Crippen molar-refractivity contribution in [3.8, 4) is 0 Å². The van der Waals surface area contributed by atoms with Gasteiger partial charge in [-0.15, -0.1) is 0 Å². The fraction of sp³-hybridized carbons (Fsp3) is 0.125. The first-order chi connectivity index (χ1) is 10.7. The Hall–Kier alpha value is -1.69. The zero-order valence-corrected chi connectivity index (χ0v) is 13.8. The van der Waals surface area contributed by atoms with Gasteiger partial charge in [0.1, 0.15) is 12.1 Å². The molecule has 0 aliphatic heterocycles. The van der Waals surface area contributed by atoms with E-state index in [1.165, 1.54) is 6.33 Å². The van der Waals surface area contributed by atoms with E-state index in [9.17, 15) is 5.11 Å². The van der Waals surface area contributed by atoms with Crippen molar-refractivity contribution < 1.29 is 5.11 Å². The minimum atomic E-state index is -0.269. The molecule has 4 nitrogen and oxygen atoms in total. The fourth-order valence-electron chi connectivity index (χ4n) is 2.24. The maximum atomic E-state index is 9.69. The first-order valence-corrected chi connectivity index (χ1v) is 7.87. The van der Waals surface area contributed by atoms with Gasteiger partial charge in [-0.2, -0.15) is 0 Å². The number of aliphatic hydroxyl groups is 1. The Bertz CT molecular complexity index is 795. The largest absolute Gasteiger partial charge is 0.394 e. The molecule has 0 amide bonds. The molecule has 2 aromatic carbocycles. The molecule has 22 heavy (non-hydrogen) atoms. The smallest absolute Gasteiger partial charge is 0.137 e. The fourth-order valence-corrected chi connectivity index (χ4v) is 2.73. The summed E-state index contributed by atoms with van der Waals surface area (Å²) in [7, 11) is 0. The predicted molar refractivity (Wildman–Crippen MR) is 92.1 cm³/mol. The van der Waals surface area contributed by atoms with E-state index >= 15 is 0 Å². The second-order valence-electron chi connectivity index (χ2n) is 4.81. The van der Waals surface area contributed by atoms with Crippen molar-refractivity contribution in [3.05, 3.63) is 63.9 Å². The third kappa shape index (κ3) is 3.21. The van der Waals surface area contributed by atoms with Gasteiger partial charge >= 0.3 is 0 Å². The Morgan fingerprint density at radius 3 is 2.64 bits per heavy atom. The molecule has 1 aromatic heterocycles. The van der Waals surface area contributed by atoms with Gasteiger partial charge in [0.15, 0.2) is 0 Å². The Morgan fingerprint density at radius 1 is 1.14 bits per heavy atom. The number of aromatic nitrogens is 2. The molecule has 1 heterocycles. The van der Waals surface area contributed by atoms with Gasteiger partial charge in [0, 0.05) is 14.9 Å². The predicted octanol–water partition coefficient (Wildman–Crippen LogP) is 4.19. The number of aliphatic hydroxyl groups excluding tert-OH is 1. The molecule has 1 atom stereocenters. The normalized spacial score (nSPS) is 12.3. The first-order valence-electron chi connectivity index (χ1n) is 6.70. The van der Waals surface area contributed by atoms with E-state index in [2.05, 4.69) is 31.2 Å². The number of anilines is 1. The highest BCUT2D eigenvalue weighted by Gasteiger charge is 2.13. The third-order valence-corrected chi connectivity index (χ3v) is 4.11. The van der Waals surface area contributed by atoms with Crippen LogP contribution in [-0.4, -0.2) is 21.7 Å². The second-order valence-corrected chi connectivity index (χ2v) is 6.17. The van der Waals surface area contributed by atoms with E-state index in [1.807, 2.05) is 30.3 Å². The number of rotatable bonds is 4. The van der Waals surface area contributed by atoms with Crippen LogP contribution in [0, 0.1) is 0 Å². The van der Waals surface area contributed by atoms with Crippen LogP contribution in [0.5, 0.6) is 0 Å². The van der Waals surface area contributed by atoms with Crippen LogP contribution in [0.15, 0.2) is 53.3 Å². The Balaban J connectivity index is 1.97. The number of hydrogen-bond donors (Lipinski definition) is 2. The van der Waals surface area contributed by atoms with Crippen LogP contribution in [-0.2, 0) is 0 Å². The summed E-state index contributed by atoms with van der Waals surface area (Å²) >= 11 is 9.36. The van der Waals surface area contributed by atoms with Crippen molar-refractivity contribution in [2.75, 3.05) is 11.9 Å². The second kappa shape index (κ2) is 6.60. The molecule has 112 valence electrons. The Labute approximate surface area is 141 Å². The lowest BCUT2D eigenvalue weighted by Gasteiger charge is -2.18. The zero-order valence-electron chi connectivity index (χ0n) is 11.5. The summed E-state index contributed by atoms with van der Waals surface area (Å²) in [6.07, 6.45) is 1.51. The molecule has 6 heteroatoms. The Morgan fingerprint density at radius 2 is 1.91 bits per heavy atom. The van der Waals surface area contributed by atoms with Gasteiger partial charge in [0.25, 0.3) is 0 Å². The van der Waals surface area contributed by atoms with E-state index in [4.69, 9.17) is 11.6 Å². The molecular weight excluding hydrogens is 366 g/mol. The number of nitrogens with one attached hydrogen (secondary N) is 1. The standard InChI is InChI=1S/C16H13BrClN3O/c17-11-3-6-14-13(7-11)16(20-9-19-14)21-15(8-22)10-1-4-12(18)5-2-10/h1-7,9,15,22H,8H2,(H,19,20,21). The van der Waals surface area contributed by atoms with E-state index < -0.39 is 0 Å². The van der Waals surface area contributed by atoms with Crippen LogP contribution < -0.4 is 5.32 Å². The lowest BCUT2D eigenvalue weighted by molar-refractivity contribution is 0.276. The first kappa shape index (κ1) is 15.2. The molecule has 2 N–H and O–H groups in total. The van der Waals surface area contributed by atoms with Gasteiger partial charge in [0.05, 0.1) is 18.2 Å². The van der Waals surface area contributed by atoms with Crippen molar-refractivity contribution in [3.63, 3.8) is 0 Å². The van der Waals surface area contributed by atoms with Crippen molar-refractivity contribution in [2.24, 2.45) is 0 Å². The van der Waals surface area contributed by atoms with Crippen molar-refractivity contribution in [1.82, 2.24) is 9.97 Å². The van der Waals surface area contributed by atoms with Crippen molar-refractivity contribution in [1.29, 1.82) is 0 Å². The molecule has 0 radical (unpaired) electrons. The lowest BCUT2D eigenvalue weighted by Crippen LogP contribution is -2.16. The van der Waals surface area contributed by atoms with Gasteiger partial charge in [-0.05, 0) is 35.9 Å². The van der Waals surface area contributed by atoms with Gasteiger partial charge in [-0.3, -0.25) is 0 Å². The molecule has 1 unspecified atom stereocenters. The SMILES string of the molecule is OCC(Nc1ncnc2ccc(Br)cc12)c1ccc(Cl)cc1. The van der Waals surface area contributed by atoms with Crippen molar-refractivity contribution >= 4 is 44.3 Å². The average Bonchev–Trinajstić information content (AvgIpc) is 2.54. The van der Waals surface area contributed by atoms with E-state index in [0.29, 0.717) is 10.8 Å². The molecule has 0 spiro atoms.